The maximum absolute atomic E-state index is 14.2. The molecule has 1 heterocycles. The van der Waals surface area contributed by atoms with Crippen molar-refractivity contribution in [1.29, 1.82) is 0 Å². The quantitative estimate of drug-likeness (QED) is 0.647. The summed E-state index contributed by atoms with van der Waals surface area (Å²) in [5.74, 6) is -0.977. The Morgan fingerprint density at radius 2 is 1.84 bits per heavy atom. The molecule has 2 aliphatic carbocycles. The highest BCUT2D eigenvalue weighted by molar-refractivity contribution is 7.99. The van der Waals surface area contributed by atoms with E-state index in [0.717, 1.165) is 24.3 Å². The van der Waals surface area contributed by atoms with Crippen LogP contribution in [0.15, 0.2) is 35.4 Å². The average Bonchev–Trinajstić information content (AvgIpc) is 3.34. The van der Waals surface area contributed by atoms with Crippen molar-refractivity contribution in [2.75, 3.05) is 0 Å². The molecular formula is C20H21F2NOS. The number of rotatable bonds is 7. The number of benzene rings is 1. The highest BCUT2D eigenvalue weighted by Crippen LogP contribution is 2.36. The van der Waals surface area contributed by atoms with Gasteiger partial charge in [0.2, 0.25) is 0 Å². The first-order chi connectivity index (χ1) is 12.2. The molecule has 0 saturated heterocycles. The molecule has 0 N–H and O–H groups in total. The fraction of sp³-hybridized carbons (Fsp3) is 0.450. The third kappa shape index (κ3) is 4.32. The highest BCUT2D eigenvalue weighted by Gasteiger charge is 2.23. The molecule has 2 nitrogen and oxygen atoms in total. The molecule has 2 saturated carbocycles. The van der Waals surface area contributed by atoms with Gasteiger partial charge in [0.15, 0.2) is 17.4 Å². The van der Waals surface area contributed by atoms with Crippen LogP contribution in [0.5, 0.6) is 5.75 Å². The molecule has 0 aliphatic heterocycles. The fourth-order valence-electron chi connectivity index (χ4n) is 2.93. The van der Waals surface area contributed by atoms with Gasteiger partial charge in [-0.05, 0) is 67.9 Å². The van der Waals surface area contributed by atoms with E-state index < -0.39 is 11.6 Å². The van der Waals surface area contributed by atoms with Crippen LogP contribution in [0.3, 0.4) is 0 Å². The van der Waals surface area contributed by atoms with E-state index >= 15 is 0 Å². The molecule has 4 rings (SSSR count). The molecule has 0 bridgehead atoms. The standard InChI is InChI=1S/C20H21F2NOS/c21-17-10-14(9-13-7-8-13)11-18(22)20(17)24-12-15-3-1-6-19(23-15)25-16-4-2-5-16/h1,3,6,10-11,13,16H,2,4-5,7-9,12H2. The number of pyridine rings is 1. The second-order valence-corrected chi connectivity index (χ2v) is 8.28. The van der Waals surface area contributed by atoms with E-state index in [1.807, 2.05) is 18.2 Å². The van der Waals surface area contributed by atoms with Crippen molar-refractivity contribution in [2.45, 2.75) is 55.4 Å². The molecule has 2 aliphatic rings. The van der Waals surface area contributed by atoms with Crippen LogP contribution < -0.4 is 4.74 Å². The first-order valence-electron chi connectivity index (χ1n) is 8.90. The van der Waals surface area contributed by atoms with Crippen molar-refractivity contribution in [3.63, 3.8) is 0 Å². The summed E-state index contributed by atoms with van der Waals surface area (Å²) in [6.07, 6.45) is 6.81. The van der Waals surface area contributed by atoms with Crippen LogP contribution in [0.1, 0.15) is 43.4 Å². The van der Waals surface area contributed by atoms with Gasteiger partial charge in [0.05, 0.1) is 10.7 Å². The number of hydrogen-bond acceptors (Lipinski definition) is 3. The minimum atomic E-state index is -0.629. The molecule has 25 heavy (non-hydrogen) atoms. The lowest BCUT2D eigenvalue weighted by Gasteiger charge is -2.24. The second-order valence-electron chi connectivity index (χ2n) is 6.96. The molecule has 0 spiro atoms. The van der Waals surface area contributed by atoms with E-state index in [-0.39, 0.29) is 12.4 Å². The Kier molecular flexibility index (Phi) is 4.93. The molecule has 0 atom stereocenters. The Morgan fingerprint density at radius 3 is 2.48 bits per heavy atom. The summed E-state index contributed by atoms with van der Waals surface area (Å²) in [6, 6.07) is 8.50. The summed E-state index contributed by atoms with van der Waals surface area (Å²) in [7, 11) is 0. The van der Waals surface area contributed by atoms with Crippen molar-refractivity contribution in [3.05, 3.63) is 53.2 Å². The number of halogens is 2. The van der Waals surface area contributed by atoms with Gasteiger partial charge in [-0.25, -0.2) is 13.8 Å². The monoisotopic (exact) mass is 361 g/mol. The number of aromatic nitrogens is 1. The summed E-state index contributed by atoms with van der Waals surface area (Å²) >= 11 is 1.77. The molecule has 132 valence electrons. The van der Waals surface area contributed by atoms with Crippen LogP contribution in [0, 0.1) is 17.6 Å². The normalized spacial score (nSPS) is 17.4. The van der Waals surface area contributed by atoms with Crippen molar-refractivity contribution in [3.8, 4) is 5.75 Å². The minimum absolute atomic E-state index is 0.0644. The first-order valence-corrected chi connectivity index (χ1v) is 9.78. The van der Waals surface area contributed by atoms with Gasteiger partial charge in [-0.1, -0.05) is 12.5 Å². The lowest BCUT2D eigenvalue weighted by Crippen LogP contribution is -2.13. The lowest BCUT2D eigenvalue weighted by atomic mass is 10.0. The number of hydrogen-bond donors (Lipinski definition) is 0. The van der Waals surface area contributed by atoms with Crippen LogP contribution in [-0.4, -0.2) is 10.2 Å². The molecule has 1 aromatic heterocycles. The summed E-state index contributed by atoms with van der Waals surface area (Å²) < 4.78 is 33.8. The van der Waals surface area contributed by atoms with Gasteiger partial charge < -0.3 is 4.74 Å². The van der Waals surface area contributed by atoms with Gasteiger partial charge in [0, 0.05) is 5.25 Å². The minimum Gasteiger partial charge on any atom is -0.481 e. The van der Waals surface area contributed by atoms with Crippen molar-refractivity contribution in [1.82, 2.24) is 4.98 Å². The largest absolute Gasteiger partial charge is 0.481 e. The zero-order chi connectivity index (χ0) is 17.2. The summed E-state index contributed by atoms with van der Waals surface area (Å²) in [5, 5.41) is 1.60. The van der Waals surface area contributed by atoms with E-state index in [9.17, 15) is 8.78 Å². The van der Waals surface area contributed by atoms with Gasteiger partial charge >= 0.3 is 0 Å². The summed E-state index contributed by atoms with van der Waals surface area (Å²) in [6.45, 7) is 0.0644. The Labute approximate surface area is 151 Å². The molecule has 1 aromatic carbocycles. The van der Waals surface area contributed by atoms with Gasteiger partial charge in [-0.15, -0.1) is 11.8 Å². The third-order valence-electron chi connectivity index (χ3n) is 4.76. The summed E-state index contributed by atoms with van der Waals surface area (Å²) in [5.41, 5.74) is 1.40. The van der Waals surface area contributed by atoms with Crippen molar-refractivity contribution >= 4 is 11.8 Å². The molecule has 0 amide bonds. The molecular weight excluding hydrogens is 340 g/mol. The average molecular weight is 361 g/mol. The number of nitrogens with zero attached hydrogens (tertiary/aromatic N) is 1. The fourth-order valence-corrected chi connectivity index (χ4v) is 4.17. The third-order valence-corrected chi connectivity index (χ3v) is 6.04. The SMILES string of the molecule is Fc1cc(CC2CC2)cc(F)c1OCc1cccc(SC2CCC2)n1. The van der Waals surface area contributed by atoms with Gasteiger partial charge in [0.1, 0.15) is 6.61 Å². The zero-order valence-electron chi connectivity index (χ0n) is 14.0. The van der Waals surface area contributed by atoms with Gasteiger partial charge in [0.25, 0.3) is 0 Å². The molecule has 0 radical (unpaired) electrons. The van der Waals surface area contributed by atoms with Crippen LogP contribution in [0.2, 0.25) is 0 Å². The van der Waals surface area contributed by atoms with E-state index in [1.165, 1.54) is 31.4 Å². The van der Waals surface area contributed by atoms with Crippen LogP contribution in [-0.2, 0) is 13.0 Å². The Morgan fingerprint density at radius 1 is 1.08 bits per heavy atom. The zero-order valence-corrected chi connectivity index (χ0v) is 14.8. The molecule has 5 heteroatoms. The second kappa shape index (κ2) is 7.32. The van der Waals surface area contributed by atoms with E-state index in [4.69, 9.17) is 4.74 Å². The smallest absolute Gasteiger partial charge is 0.191 e. The van der Waals surface area contributed by atoms with Crippen LogP contribution in [0.4, 0.5) is 8.78 Å². The predicted molar refractivity (Wildman–Crippen MR) is 94.9 cm³/mol. The van der Waals surface area contributed by atoms with E-state index in [1.54, 1.807) is 11.8 Å². The van der Waals surface area contributed by atoms with Gasteiger partial charge in [-0.3, -0.25) is 0 Å². The topological polar surface area (TPSA) is 22.1 Å². The molecule has 2 aromatic rings. The van der Waals surface area contributed by atoms with Gasteiger partial charge in [-0.2, -0.15) is 0 Å². The number of thioether (sulfide) groups is 1. The van der Waals surface area contributed by atoms with Crippen LogP contribution >= 0.6 is 11.8 Å². The first kappa shape index (κ1) is 16.8. The van der Waals surface area contributed by atoms with Crippen molar-refractivity contribution in [2.24, 2.45) is 5.92 Å². The van der Waals surface area contributed by atoms with E-state index in [0.29, 0.717) is 22.4 Å². The lowest BCUT2D eigenvalue weighted by molar-refractivity contribution is 0.269. The predicted octanol–water partition coefficient (Wildman–Crippen LogP) is 5.54. The van der Waals surface area contributed by atoms with E-state index in [2.05, 4.69) is 4.98 Å². The maximum Gasteiger partial charge on any atom is 0.191 e. The Hall–Kier alpha value is -1.62. The summed E-state index contributed by atoms with van der Waals surface area (Å²) in [4.78, 5) is 4.53. The number of ether oxygens (including phenoxy) is 1. The maximum atomic E-state index is 14.2. The Bertz CT molecular complexity index is 736. The highest BCUT2D eigenvalue weighted by atomic mass is 32.2. The Balaban J connectivity index is 1.41. The molecule has 0 unspecified atom stereocenters. The van der Waals surface area contributed by atoms with Crippen LogP contribution in [0.25, 0.3) is 0 Å². The molecule has 2 fully saturated rings. The van der Waals surface area contributed by atoms with Crippen molar-refractivity contribution < 1.29 is 13.5 Å².